The second kappa shape index (κ2) is 6.05. The second-order valence-electron chi connectivity index (χ2n) is 3.82. The van der Waals surface area contributed by atoms with Gasteiger partial charge in [0.2, 0.25) is 0 Å². The summed E-state index contributed by atoms with van der Waals surface area (Å²) >= 11 is 0. The summed E-state index contributed by atoms with van der Waals surface area (Å²) in [6.45, 7) is 6.09. The summed E-state index contributed by atoms with van der Waals surface area (Å²) in [6, 6.07) is 5.87. The fourth-order valence-electron chi connectivity index (χ4n) is 1.87. The number of nitrogens with zero attached hydrogens (tertiary/aromatic N) is 1. The van der Waals surface area contributed by atoms with Gasteiger partial charge in [0.05, 0.1) is 24.7 Å². The van der Waals surface area contributed by atoms with Crippen molar-refractivity contribution in [2.45, 2.75) is 33.6 Å². The highest BCUT2D eigenvalue weighted by atomic mass is 16.5. The van der Waals surface area contributed by atoms with E-state index in [1.165, 1.54) is 0 Å². The SMILES string of the molecule is CCOC(=O)Cc1c(CC)ccc(C#N)c1C. The van der Waals surface area contributed by atoms with Crippen LogP contribution >= 0.6 is 0 Å². The van der Waals surface area contributed by atoms with Gasteiger partial charge in [-0.2, -0.15) is 5.26 Å². The molecule has 1 aromatic rings. The maximum Gasteiger partial charge on any atom is 0.310 e. The largest absolute Gasteiger partial charge is 0.466 e. The first-order chi connectivity index (χ1) is 8.13. The highest BCUT2D eigenvalue weighted by Gasteiger charge is 2.13. The molecule has 0 amide bonds. The molecule has 0 aromatic heterocycles. The van der Waals surface area contributed by atoms with Gasteiger partial charge in [-0.3, -0.25) is 4.79 Å². The molecular weight excluding hydrogens is 214 g/mol. The maximum absolute atomic E-state index is 11.5. The van der Waals surface area contributed by atoms with Crippen molar-refractivity contribution in [1.29, 1.82) is 5.26 Å². The van der Waals surface area contributed by atoms with Gasteiger partial charge in [0.1, 0.15) is 0 Å². The standard InChI is InChI=1S/C14H17NO2/c1-4-11-6-7-12(9-15)10(3)13(11)8-14(16)17-5-2/h6-7H,4-5,8H2,1-3H3. The molecule has 0 N–H and O–H groups in total. The summed E-state index contributed by atoms with van der Waals surface area (Å²) in [6.07, 6.45) is 1.10. The van der Waals surface area contributed by atoms with E-state index in [1.807, 2.05) is 26.0 Å². The Bertz CT molecular complexity index is 458. The van der Waals surface area contributed by atoms with Crippen LogP contribution in [-0.4, -0.2) is 12.6 Å². The number of benzene rings is 1. The van der Waals surface area contributed by atoms with Gasteiger partial charge in [0.25, 0.3) is 0 Å². The van der Waals surface area contributed by atoms with Crippen molar-refractivity contribution >= 4 is 5.97 Å². The average Bonchev–Trinajstić information content (AvgIpc) is 2.32. The molecule has 90 valence electrons. The molecule has 0 fully saturated rings. The highest BCUT2D eigenvalue weighted by Crippen LogP contribution is 2.20. The van der Waals surface area contributed by atoms with E-state index in [1.54, 1.807) is 6.92 Å². The third kappa shape index (κ3) is 3.07. The van der Waals surface area contributed by atoms with E-state index < -0.39 is 0 Å². The molecule has 3 nitrogen and oxygen atoms in total. The van der Waals surface area contributed by atoms with Crippen molar-refractivity contribution in [2.24, 2.45) is 0 Å². The van der Waals surface area contributed by atoms with Crippen LogP contribution in [0, 0.1) is 18.3 Å². The Morgan fingerprint density at radius 2 is 2.12 bits per heavy atom. The van der Waals surface area contributed by atoms with Crippen LogP contribution in [0.3, 0.4) is 0 Å². The maximum atomic E-state index is 11.5. The van der Waals surface area contributed by atoms with Crippen LogP contribution in [0.4, 0.5) is 0 Å². The first-order valence-electron chi connectivity index (χ1n) is 5.81. The van der Waals surface area contributed by atoms with E-state index in [2.05, 4.69) is 6.07 Å². The van der Waals surface area contributed by atoms with Crippen LogP contribution in [0.1, 0.15) is 36.1 Å². The fraction of sp³-hybridized carbons (Fsp3) is 0.429. The fourth-order valence-corrected chi connectivity index (χ4v) is 1.87. The number of aryl methyl sites for hydroxylation is 1. The quantitative estimate of drug-likeness (QED) is 0.748. The Kier molecular flexibility index (Phi) is 4.71. The lowest BCUT2D eigenvalue weighted by Gasteiger charge is -2.12. The van der Waals surface area contributed by atoms with Gasteiger partial charge in [0.15, 0.2) is 0 Å². The monoisotopic (exact) mass is 231 g/mol. The molecule has 3 heteroatoms. The highest BCUT2D eigenvalue weighted by molar-refractivity contribution is 5.74. The molecule has 0 aliphatic carbocycles. The lowest BCUT2D eigenvalue weighted by atomic mass is 9.94. The Labute approximate surface area is 102 Å². The minimum absolute atomic E-state index is 0.236. The van der Waals surface area contributed by atoms with Crippen molar-refractivity contribution in [2.75, 3.05) is 6.61 Å². The third-order valence-corrected chi connectivity index (χ3v) is 2.82. The Morgan fingerprint density at radius 3 is 2.65 bits per heavy atom. The number of hydrogen-bond acceptors (Lipinski definition) is 3. The van der Waals surface area contributed by atoms with E-state index in [-0.39, 0.29) is 12.4 Å². The van der Waals surface area contributed by atoms with Gasteiger partial charge in [-0.05, 0) is 43.0 Å². The van der Waals surface area contributed by atoms with Crippen molar-refractivity contribution in [3.8, 4) is 6.07 Å². The summed E-state index contributed by atoms with van der Waals surface area (Å²) < 4.78 is 4.95. The van der Waals surface area contributed by atoms with Gasteiger partial charge in [0, 0.05) is 0 Å². The lowest BCUT2D eigenvalue weighted by molar-refractivity contribution is -0.142. The first-order valence-corrected chi connectivity index (χ1v) is 5.81. The summed E-state index contributed by atoms with van der Waals surface area (Å²) in [5.41, 5.74) is 3.56. The van der Waals surface area contributed by atoms with E-state index in [9.17, 15) is 4.79 Å². The number of rotatable bonds is 4. The summed E-state index contributed by atoms with van der Waals surface area (Å²) in [5, 5.41) is 8.98. The van der Waals surface area contributed by atoms with E-state index in [0.717, 1.165) is 23.1 Å². The average molecular weight is 231 g/mol. The smallest absolute Gasteiger partial charge is 0.310 e. The number of hydrogen-bond donors (Lipinski definition) is 0. The van der Waals surface area contributed by atoms with E-state index in [0.29, 0.717) is 12.2 Å². The van der Waals surface area contributed by atoms with E-state index in [4.69, 9.17) is 10.00 Å². The number of carbonyl (C=O) groups is 1. The van der Waals surface area contributed by atoms with Gasteiger partial charge in [-0.15, -0.1) is 0 Å². The molecule has 1 aromatic carbocycles. The van der Waals surface area contributed by atoms with E-state index >= 15 is 0 Å². The third-order valence-electron chi connectivity index (χ3n) is 2.82. The second-order valence-corrected chi connectivity index (χ2v) is 3.82. The van der Waals surface area contributed by atoms with Crippen LogP contribution in [0.2, 0.25) is 0 Å². The van der Waals surface area contributed by atoms with Crippen LogP contribution in [0.15, 0.2) is 12.1 Å². The number of esters is 1. The number of carbonyl (C=O) groups excluding carboxylic acids is 1. The molecule has 0 saturated heterocycles. The Hall–Kier alpha value is -1.82. The predicted octanol–water partition coefficient (Wildman–Crippen LogP) is 2.53. The zero-order valence-corrected chi connectivity index (χ0v) is 10.5. The Balaban J connectivity index is 3.11. The summed E-state index contributed by atoms with van der Waals surface area (Å²) in [7, 11) is 0. The van der Waals surface area contributed by atoms with Crippen molar-refractivity contribution in [1.82, 2.24) is 0 Å². The molecule has 0 bridgehead atoms. The molecule has 0 atom stereocenters. The van der Waals surface area contributed by atoms with Crippen molar-refractivity contribution in [3.63, 3.8) is 0 Å². The number of nitriles is 1. The molecule has 0 spiro atoms. The normalized spacial score (nSPS) is 9.76. The zero-order valence-electron chi connectivity index (χ0n) is 10.5. The van der Waals surface area contributed by atoms with Gasteiger partial charge in [-0.25, -0.2) is 0 Å². The Morgan fingerprint density at radius 1 is 1.41 bits per heavy atom. The minimum atomic E-state index is -0.236. The lowest BCUT2D eigenvalue weighted by Crippen LogP contribution is -2.11. The van der Waals surface area contributed by atoms with Gasteiger partial charge >= 0.3 is 5.97 Å². The van der Waals surface area contributed by atoms with Crippen molar-refractivity contribution < 1.29 is 9.53 Å². The molecule has 0 aliphatic rings. The molecule has 0 radical (unpaired) electrons. The molecule has 0 unspecified atom stereocenters. The molecule has 0 aliphatic heterocycles. The molecule has 0 heterocycles. The number of ether oxygens (including phenoxy) is 1. The summed E-state index contributed by atoms with van der Waals surface area (Å²) in [4.78, 5) is 11.5. The van der Waals surface area contributed by atoms with Gasteiger partial charge < -0.3 is 4.74 Å². The minimum Gasteiger partial charge on any atom is -0.466 e. The molecular formula is C14H17NO2. The van der Waals surface area contributed by atoms with Crippen LogP contribution < -0.4 is 0 Å². The molecule has 0 saturated carbocycles. The van der Waals surface area contributed by atoms with Crippen LogP contribution in [0.25, 0.3) is 0 Å². The summed E-state index contributed by atoms with van der Waals surface area (Å²) in [5.74, 6) is -0.236. The predicted molar refractivity (Wildman–Crippen MR) is 65.6 cm³/mol. The molecule has 17 heavy (non-hydrogen) atoms. The molecule has 1 rings (SSSR count). The van der Waals surface area contributed by atoms with Crippen LogP contribution in [0.5, 0.6) is 0 Å². The van der Waals surface area contributed by atoms with Crippen molar-refractivity contribution in [3.05, 3.63) is 34.4 Å². The van der Waals surface area contributed by atoms with Crippen LogP contribution in [-0.2, 0) is 22.4 Å². The zero-order chi connectivity index (χ0) is 12.8. The van der Waals surface area contributed by atoms with Gasteiger partial charge in [-0.1, -0.05) is 13.0 Å². The first kappa shape index (κ1) is 13.2. The topological polar surface area (TPSA) is 50.1 Å².